The molecule has 1 unspecified atom stereocenters. The van der Waals surface area contributed by atoms with Crippen LogP contribution in [0.4, 0.5) is 5.13 Å². The van der Waals surface area contributed by atoms with Crippen molar-refractivity contribution in [3.8, 4) is 0 Å². The summed E-state index contributed by atoms with van der Waals surface area (Å²) in [4.78, 5) is 8.54. The first-order valence-corrected chi connectivity index (χ1v) is 7.57. The Morgan fingerprint density at radius 1 is 1.44 bits per heavy atom. The third-order valence-corrected chi connectivity index (χ3v) is 4.98. The van der Waals surface area contributed by atoms with Crippen LogP contribution in [0.15, 0.2) is 0 Å². The second kappa shape index (κ2) is 5.15. The Kier molecular flexibility index (Phi) is 3.54. The Balaban J connectivity index is 1.72. The Bertz CT molecular complexity index is 416. The van der Waals surface area contributed by atoms with Crippen LogP contribution < -0.4 is 10.6 Å². The highest BCUT2D eigenvalue weighted by atomic mass is 32.1. The second-order valence-corrected chi connectivity index (χ2v) is 6.40. The van der Waals surface area contributed by atoms with E-state index >= 15 is 0 Å². The number of nitrogens with two attached hydrogens (primary N) is 1. The van der Waals surface area contributed by atoms with Crippen LogP contribution in [0.3, 0.4) is 0 Å². The fourth-order valence-electron chi connectivity index (χ4n) is 2.69. The van der Waals surface area contributed by atoms with Gasteiger partial charge in [-0.15, -0.1) is 11.3 Å². The van der Waals surface area contributed by atoms with Gasteiger partial charge in [0.05, 0.1) is 12.3 Å². The highest BCUT2D eigenvalue weighted by molar-refractivity contribution is 7.15. The van der Waals surface area contributed by atoms with Crippen molar-refractivity contribution in [2.75, 3.05) is 31.7 Å². The largest absolute Gasteiger partial charge is 0.384 e. The van der Waals surface area contributed by atoms with Gasteiger partial charge in [-0.25, -0.2) is 4.98 Å². The molecule has 4 nitrogen and oxygen atoms in total. The summed E-state index contributed by atoms with van der Waals surface area (Å²) < 4.78 is 5.24. The summed E-state index contributed by atoms with van der Waals surface area (Å²) in [7, 11) is 1.78. The minimum absolute atomic E-state index is 0.638. The van der Waals surface area contributed by atoms with Crippen molar-refractivity contribution >= 4 is 16.5 Å². The second-order valence-electron chi connectivity index (χ2n) is 5.34. The van der Waals surface area contributed by atoms with Gasteiger partial charge in [-0.3, -0.25) is 0 Å². The van der Waals surface area contributed by atoms with Gasteiger partial charge in [-0.05, 0) is 19.3 Å². The molecule has 3 rings (SSSR count). The minimum atomic E-state index is 0.638. The highest BCUT2D eigenvalue weighted by Crippen LogP contribution is 2.44. The number of hydrogen-bond donors (Lipinski definition) is 1. The van der Waals surface area contributed by atoms with Gasteiger partial charge >= 0.3 is 0 Å². The Morgan fingerprint density at radius 3 is 2.94 bits per heavy atom. The number of methoxy groups -OCH3 is 1. The zero-order chi connectivity index (χ0) is 12.5. The van der Waals surface area contributed by atoms with E-state index in [9.17, 15) is 0 Å². The molecule has 1 atom stereocenters. The van der Waals surface area contributed by atoms with E-state index < -0.39 is 0 Å². The Morgan fingerprint density at radius 2 is 2.28 bits per heavy atom. The summed E-state index contributed by atoms with van der Waals surface area (Å²) in [5.74, 6) is 1.36. The maximum absolute atomic E-state index is 5.84. The number of hydrogen-bond acceptors (Lipinski definition) is 5. The Hall–Kier alpha value is -0.650. The number of nitrogens with zero attached hydrogens (tertiary/aromatic N) is 2. The lowest BCUT2D eigenvalue weighted by Gasteiger charge is -2.14. The molecule has 2 heterocycles. The summed E-state index contributed by atoms with van der Waals surface area (Å²) >= 11 is 1.79. The van der Waals surface area contributed by atoms with Crippen molar-refractivity contribution in [1.82, 2.24) is 4.98 Å². The van der Waals surface area contributed by atoms with E-state index in [1.165, 1.54) is 35.0 Å². The van der Waals surface area contributed by atoms with E-state index in [0.29, 0.717) is 18.4 Å². The predicted molar refractivity (Wildman–Crippen MR) is 74.2 cm³/mol. The SMILES string of the molecule is COCC1CCN(c2nc(C3CC3)c(CN)s2)C1. The lowest BCUT2D eigenvalue weighted by atomic mass is 10.1. The molecule has 5 heteroatoms. The topological polar surface area (TPSA) is 51.4 Å². The highest BCUT2D eigenvalue weighted by Gasteiger charge is 2.31. The molecule has 1 aromatic heterocycles. The van der Waals surface area contributed by atoms with Crippen LogP contribution in [0.5, 0.6) is 0 Å². The molecule has 1 aromatic rings. The third kappa shape index (κ3) is 2.39. The molecule has 0 amide bonds. The number of rotatable bonds is 5. The standard InChI is InChI=1S/C13H21N3OS/c1-17-8-9-4-5-16(7-9)13-15-12(10-2-3-10)11(6-14)18-13/h9-10H,2-8,14H2,1H3. The normalized spacial score (nSPS) is 23.9. The van der Waals surface area contributed by atoms with Crippen LogP contribution >= 0.6 is 11.3 Å². The van der Waals surface area contributed by atoms with Gasteiger partial charge in [0.25, 0.3) is 0 Å². The molecule has 2 fully saturated rings. The van der Waals surface area contributed by atoms with Gasteiger partial charge in [-0.2, -0.15) is 0 Å². The van der Waals surface area contributed by atoms with Crippen molar-refractivity contribution in [1.29, 1.82) is 0 Å². The molecule has 2 aliphatic rings. The van der Waals surface area contributed by atoms with Gasteiger partial charge < -0.3 is 15.4 Å². The molecule has 1 aliphatic carbocycles. The maximum atomic E-state index is 5.84. The smallest absolute Gasteiger partial charge is 0.185 e. The van der Waals surface area contributed by atoms with Gasteiger partial charge in [0, 0.05) is 43.5 Å². The average Bonchev–Trinajstić information content (AvgIpc) is 2.96. The van der Waals surface area contributed by atoms with E-state index in [1.54, 1.807) is 18.4 Å². The molecule has 2 N–H and O–H groups in total. The monoisotopic (exact) mass is 267 g/mol. The molecule has 0 spiro atoms. The van der Waals surface area contributed by atoms with E-state index in [-0.39, 0.29) is 0 Å². The van der Waals surface area contributed by atoms with Gasteiger partial charge in [0.1, 0.15) is 0 Å². The van der Waals surface area contributed by atoms with Crippen LogP contribution in [0.2, 0.25) is 0 Å². The van der Waals surface area contributed by atoms with E-state index in [4.69, 9.17) is 15.5 Å². The van der Waals surface area contributed by atoms with Crippen molar-refractivity contribution in [2.24, 2.45) is 11.7 Å². The minimum Gasteiger partial charge on any atom is -0.384 e. The van der Waals surface area contributed by atoms with Crippen molar-refractivity contribution in [3.63, 3.8) is 0 Å². The van der Waals surface area contributed by atoms with Crippen LogP contribution in [0, 0.1) is 5.92 Å². The van der Waals surface area contributed by atoms with Crippen molar-refractivity contribution in [2.45, 2.75) is 31.7 Å². The number of anilines is 1. The average molecular weight is 267 g/mol. The van der Waals surface area contributed by atoms with Crippen LogP contribution in [0.25, 0.3) is 0 Å². The lowest BCUT2D eigenvalue weighted by molar-refractivity contribution is 0.161. The third-order valence-electron chi connectivity index (χ3n) is 3.82. The van der Waals surface area contributed by atoms with E-state index in [0.717, 1.165) is 19.7 Å². The lowest BCUT2D eigenvalue weighted by Crippen LogP contribution is -2.20. The van der Waals surface area contributed by atoms with Crippen LogP contribution in [-0.2, 0) is 11.3 Å². The molecule has 1 saturated carbocycles. The molecular weight excluding hydrogens is 246 g/mol. The zero-order valence-electron chi connectivity index (χ0n) is 10.9. The quantitative estimate of drug-likeness (QED) is 0.886. The molecule has 100 valence electrons. The summed E-state index contributed by atoms with van der Waals surface area (Å²) in [5, 5.41) is 1.18. The number of thiazole rings is 1. The predicted octanol–water partition coefficient (Wildman–Crippen LogP) is 1.95. The van der Waals surface area contributed by atoms with Crippen molar-refractivity contribution < 1.29 is 4.74 Å². The zero-order valence-corrected chi connectivity index (χ0v) is 11.7. The van der Waals surface area contributed by atoms with Gasteiger partial charge in [-0.1, -0.05) is 0 Å². The van der Waals surface area contributed by atoms with Gasteiger partial charge in [0.15, 0.2) is 5.13 Å². The molecule has 0 bridgehead atoms. The van der Waals surface area contributed by atoms with Gasteiger partial charge in [0.2, 0.25) is 0 Å². The first-order valence-electron chi connectivity index (χ1n) is 6.75. The summed E-state index contributed by atoms with van der Waals surface area (Å²) in [6.45, 7) is 3.69. The molecule has 1 aliphatic heterocycles. The number of aromatic nitrogens is 1. The van der Waals surface area contributed by atoms with Crippen LogP contribution in [-0.4, -0.2) is 31.8 Å². The van der Waals surface area contributed by atoms with Crippen LogP contribution in [0.1, 0.15) is 35.8 Å². The fraction of sp³-hybridized carbons (Fsp3) is 0.769. The Labute approximate surface area is 112 Å². The molecule has 1 saturated heterocycles. The van der Waals surface area contributed by atoms with Crippen molar-refractivity contribution in [3.05, 3.63) is 10.6 Å². The molecular formula is C13H21N3OS. The number of ether oxygens (including phenoxy) is 1. The first kappa shape index (κ1) is 12.4. The van der Waals surface area contributed by atoms with E-state index in [2.05, 4.69) is 4.90 Å². The molecule has 0 aromatic carbocycles. The van der Waals surface area contributed by atoms with E-state index in [1.807, 2.05) is 0 Å². The first-order chi connectivity index (χ1) is 8.81. The maximum Gasteiger partial charge on any atom is 0.185 e. The summed E-state index contributed by atoms with van der Waals surface area (Å²) in [6, 6.07) is 0. The summed E-state index contributed by atoms with van der Waals surface area (Å²) in [5.41, 5.74) is 7.12. The molecule has 18 heavy (non-hydrogen) atoms. The fourth-order valence-corrected chi connectivity index (χ4v) is 3.75. The molecule has 0 radical (unpaired) electrons. The summed E-state index contributed by atoms with van der Waals surface area (Å²) in [6.07, 6.45) is 3.80.